The maximum absolute atomic E-state index is 6.18. The zero-order valence-corrected chi connectivity index (χ0v) is 16.4. The van der Waals surface area contributed by atoms with Gasteiger partial charge in [-0.2, -0.15) is 0 Å². The highest BCUT2D eigenvalue weighted by Crippen LogP contribution is 2.52. The monoisotopic (exact) mass is 369 g/mol. The second-order valence-electron chi connectivity index (χ2n) is 7.97. The predicted octanol–water partition coefficient (Wildman–Crippen LogP) is 6.85. The Morgan fingerprint density at radius 3 is 2.71 bits per heavy atom. The van der Waals surface area contributed by atoms with Crippen LogP contribution in [0.1, 0.15) is 49.3 Å². The third kappa shape index (κ3) is 2.88. The molecular formula is C26H27NO. The average Bonchev–Trinajstić information content (AvgIpc) is 3.23. The quantitative estimate of drug-likeness (QED) is 0.392. The molecule has 2 nitrogen and oxygen atoms in total. The van der Waals surface area contributed by atoms with Gasteiger partial charge >= 0.3 is 0 Å². The highest BCUT2D eigenvalue weighted by Gasteiger charge is 2.39. The van der Waals surface area contributed by atoms with E-state index in [4.69, 9.17) is 4.74 Å². The number of benzene rings is 3. The highest BCUT2D eigenvalue weighted by atomic mass is 16.5. The number of rotatable bonds is 5. The van der Waals surface area contributed by atoms with E-state index in [1.807, 2.05) is 0 Å². The van der Waals surface area contributed by atoms with Crippen molar-refractivity contribution < 1.29 is 4.74 Å². The normalized spacial score (nSPS) is 22.5. The van der Waals surface area contributed by atoms with Crippen LogP contribution < -0.4 is 10.1 Å². The molecule has 0 radical (unpaired) electrons. The standard InChI is InChI=1S/C26H27NO/c1-2-3-17-28-24-16-8-15-23-20-12-7-14-22(20)25(27-26(23)24)21-13-6-10-18-9-4-5-11-19(18)21/h4-13,15-16,20,22,25,27H,2-3,14,17H2,1H3. The molecule has 1 heterocycles. The molecule has 0 amide bonds. The minimum atomic E-state index is 0.287. The number of hydrogen-bond acceptors (Lipinski definition) is 2. The van der Waals surface area contributed by atoms with Gasteiger partial charge in [0.15, 0.2) is 0 Å². The summed E-state index contributed by atoms with van der Waals surface area (Å²) >= 11 is 0. The number of unbranched alkanes of at least 4 members (excludes halogenated alkanes) is 1. The van der Waals surface area contributed by atoms with Crippen molar-refractivity contribution in [2.24, 2.45) is 5.92 Å². The molecule has 0 fully saturated rings. The van der Waals surface area contributed by atoms with Gasteiger partial charge in [-0.1, -0.05) is 80.1 Å². The summed E-state index contributed by atoms with van der Waals surface area (Å²) in [5.41, 5.74) is 3.96. The molecule has 0 spiro atoms. The highest BCUT2D eigenvalue weighted by molar-refractivity contribution is 5.87. The minimum Gasteiger partial charge on any atom is -0.491 e. The predicted molar refractivity (Wildman–Crippen MR) is 117 cm³/mol. The number of allylic oxidation sites excluding steroid dienone is 2. The Bertz CT molecular complexity index is 1020. The maximum atomic E-state index is 6.18. The summed E-state index contributed by atoms with van der Waals surface area (Å²) in [4.78, 5) is 0. The van der Waals surface area contributed by atoms with Crippen molar-refractivity contribution in [1.29, 1.82) is 0 Å². The summed E-state index contributed by atoms with van der Waals surface area (Å²) in [6, 6.07) is 22.2. The van der Waals surface area contributed by atoms with E-state index in [1.54, 1.807) is 0 Å². The lowest BCUT2D eigenvalue weighted by molar-refractivity contribution is 0.308. The largest absolute Gasteiger partial charge is 0.491 e. The lowest BCUT2D eigenvalue weighted by Crippen LogP contribution is -2.29. The molecule has 0 aromatic heterocycles. The maximum Gasteiger partial charge on any atom is 0.142 e. The number of para-hydroxylation sites is 1. The van der Waals surface area contributed by atoms with E-state index in [-0.39, 0.29) is 6.04 Å². The first-order chi connectivity index (χ1) is 13.9. The van der Waals surface area contributed by atoms with Crippen LogP contribution in [0.3, 0.4) is 0 Å². The Morgan fingerprint density at radius 2 is 1.79 bits per heavy atom. The van der Waals surface area contributed by atoms with Crippen LogP contribution in [0, 0.1) is 5.92 Å². The van der Waals surface area contributed by atoms with Crippen LogP contribution in [0.25, 0.3) is 10.8 Å². The number of hydrogen-bond donors (Lipinski definition) is 1. The first-order valence-corrected chi connectivity index (χ1v) is 10.5. The van der Waals surface area contributed by atoms with Crippen LogP contribution >= 0.6 is 0 Å². The summed E-state index contributed by atoms with van der Waals surface area (Å²) in [7, 11) is 0. The Kier molecular flexibility index (Phi) is 4.56. The molecule has 3 aromatic rings. The van der Waals surface area contributed by atoms with Gasteiger partial charge in [-0.3, -0.25) is 0 Å². The molecule has 3 aromatic carbocycles. The first-order valence-electron chi connectivity index (χ1n) is 10.5. The van der Waals surface area contributed by atoms with Gasteiger partial charge in [0.25, 0.3) is 0 Å². The molecule has 1 aliphatic carbocycles. The molecule has 0 bridgehead atoms. The lowest BCUT2D eigenvalue weighted by atomic mass is 9.76. The summed E-state index contributed by atoms with van der Waals surface area (Å²) < 4.78 is 6.18. The van der Waals surface area contributed by atoms with Gasteiger partial charge < -0.3 is 10.1 Å². The SMILES string of the molecule is CCCCOc1cccc2c1NC(c1cccc3ccccc13)C1CC=CC21. The van der Waals surface area contributed by atoms with E-state index < -0.39 is 0 Å². The van der Waals surface area contributed by atoms with E-state index in [1.165, 1.54) is 27.6 Å². The second kappa shape index (κ2) is 7.35. The van der Waals surface area contributed by atoms with Crippen molar-refractivity contribution >= 4 is 16.5 Å². The van der Waals surface area contributed by atoms with Gasteiger partial charge in [-0.15, -0.1) is 0 Å². The zero-order chi connectivity index (χ0) is 18.9. The van der Waals surface area contributed by atoms with Gasteiger partial charge in [0.2, 0.25) is 0 Å². The molecule has 2 heteroatoms. The molecule has 0 saturated heterocycles. The van der Waals surface area contributed by atoms with Gasteiger partial charge in [-0.25, -0.2) is 0 Å². The Hall–Kier alpha value is -2.74. The lowest BCUT2D eigenvalue weighted by Gasteiger charge is -2.38. The van der Waals surface area contributed by atoms with E-state index in [2.05, 4.69) is 85.1 Å². The van der Waals surface area contributed by atoms with E-state index in [0.29, 0.717) is 11.8 Å². The Morgan fingerprint density at radius 1 is 0.964 bits per heavy atom. The fourth-order valence-electron chi connectivity index (χ4n) is 4.87. The first kappa shape index (κ1) is 17.4. The number of fused-ring (bicyclic) bond motifs is 4. The molecule has 28 heavy (non-hydrogen) atoms. The molecule has 2 aliphatic rings. The molecule has 5 rings (SSSR count). The van der Waals surface area contributed by atoms with Crippen LogP contribution in [-0.2, 0) is 0 Å². The average molecular weight is 370 g/mol. The summed E-state index contributed by atoms with van der Waals surface area (Å²) in [6.07, 6.45) is 8.11. The third-order valence-electron chi connectivity index (χ3n) is 6.27. The van der Waals surface area contributed by atoms with Crippen molar-refractivity contribution in [2.45, 2.75) is 38.1 Å². The fourth-order valence-corrected chi connectivity index (χ4v) is 4.87. The van der Waals surface area contributed by atoms with Gasteiger partial charge in [0.1, 0.15) is 5.75 Å². The van der Waals surface area contributed by atoms with Crippen molar-refractivity contribution in [3.8, 4) is 5.75 Å². The van der Waals surface area contributed by atoms with Crippen LogP contribution in [0.2, 0.25) is 0 Å². The number of anilines is 1. The summed E-state index contributed by atoms with van der Waals surface area (Å²) in [5, 5.41) is 6.56. The van der Waals surface area contributed by atoms with Crippen LogP contribution in [-0.4, -0.2) is 6.61 Å². The molecular weight excluding hydrogens is 342 g/mol. The van der Waals surface area contributed by atoms with E-state index in [9.17, 15) is 0 Å². The van der Waals surface area contributed by atoms with Crippen LogP contribution in [0.15, 0.2) is 72.8 Å². The van der Waals surface area contributed by atoms with Crippen molar-refractivity contribution in [3.63, 3.8) is 0 Å². The topological polar surface area (TPSA) is 21.3 Å². The number of ether oxygens (including phenoxy) is 1. The van der Waals surface area contributed by atoms with Crippen molar-refractivity contribution in [3.05, 3.63) is 83.9 Å². The molecule has 142 valence electrons. The fraction of sp³-hybridized carbons (Fsp3) is 0.308. The molecule has 1 aliphatic heterocycles. The molecule has 3 unspecified atom stereocenters. The molecule has 3 atom stereocenters. The summed E-state index contributed by atoms with van der Waals surface area (Å²) in [6.45, 7) is 2.98. The Labute approximate surface area is 167 Å². The Balaban J connectivity index is 1.59. The van der Waals surface area contributed by atoms with Gasteiger partial charge in [0.05, 0.1) is 18.3 Å². The van der Waals surface area contributed by atoms with Crippen LogP contribution in [0.5, 0.6) is 5.75 Å². The smallest absolute Gasteiger partial charge is 0.142 e. The van der Waals surface area contributed by atoms with Crippen LogP contribution in [0.4, 0.5) is 5.69 Å². The summed E-state index contributed by atoms with van der Waals surface area (Å²) in [5.74, 6) is 1.99. The number of nitrogens with one attached hydrogen (secondary N) is 1. The second-order valence-corrected chi connectivity index (χ2v) is 7.97. The van der Waals surface area contributed by atoms with Gasteiger partial charge in [-0.05, 0) is 46.7 Å². The minimum absolute atomic E-state index is 0.287. The van der Waals surface area contributed by atoms with Crippen molar-refractivity contribution in [1.82, 2.24) is 0 Å². The molecule has 0 saturated carbocycles. The molecule has 1 N–H and O–H groups in total. The van der Waals surface area contributed by atoms with E-state index in [0.717, 1.165) is 31.6 Å². The van der Waals surface area contributed by atoms with Gasteiger partial charge in [0, 0.05) is 5.92 Å². The van der Waals surface area contributed by atoms with Crippen molar-refractivity contribution in [2.75, 3.05) is 11.9 Å². The zero-order valence-electron chi connectivity index (χ0n) is 16.4. The van der Waals surface area contributed by atoms with E-state index >= 15 is 0 Å². The third-order valence-corrected chi connectivity index (χ3v) is 6.27.